The molecule has 0 heterocycles. The molecule has 0 radical (unpaired) electrons. The Hall–Kier alpha value is -0.830. The smallest absolute Gasteiger partial charge is 0.404 e. The van der Waals surface area contributed by atoms with Crippen LogP contribution in [-0.2, 0) is 9.09 Å². The number of phosphoric ester groups is 1. The van der Waals surface area contributed by atoms with Crippen LogP contribution < -0.4 is 4.52 Å². The van der Waals surface area contributed by atoms with Gasteiger partial charge in [-0.3, -0.25) is 9.42 Å². The Morgan fingerprint density at radius 3 is 2.14 bits per heavy atom. The molecular formula is C9H15O4P. The zero-order valence-corrected chi connectivity index (χ0v) is 9.40. The van der Waals surface area contributed by atoms with E-state index in [2.05, 4.69) is 9.05 Å². The standard InChI is InChI=1S/C7H9O4P.C2H6/c1-10-12(8,9)11-7-5-3-2-4-6-7;1-2/h2-6H,1H3,(H,8,9);1-2H3. The van der Waals surface area contributed by atoms with Crippen LogP contribution >= 0.6 is 7.82 Å². The monoisotopic (exact) mass is 218 g/mol. The SMILES string of the molecule is CC.COP(=O)(O)Oc1ccccc1. The normalized spacial score (nSPS) is 13.4. The predicted octanol–water partition coefficient (Wildman–Crippen LogP) is 2.84. The number of rotatable bonds is 3. The average Bonchev–Trinajstić information content (AvgIpc) is 2.22. The number of phosphoric acid groups is 1. The van der Waals surface area contributed by atoms with E-state index in [1.54, 1.807) is 30.3 Å². The summed E-state index contributed by atoms with van der Waals surface area (Å²) >= 11 is 0. The van der Waals surface area contributed by atoms with Gasteiger partial charge in [-0.2, -0.15) is 0 Å². The first kappa shape index (κ1) is 13.2. The summed E-state index contributed by atoms with van der Waals surface area (Å²) < 4.78 is 19.7. The van der Waals surface area contributed by atoms with Crippen LogP contribution in [0.4, 0.5) is 0 Å². The summed E-state index contributed by atoms with van der Waals surface area (Å²) in [6.45, 7) is 4.00. The Kier molecular flexibility index (Phi) is 6.21. The molecule has 1 aromatic carbocycles. The zero-order chi connectivity index (χ0) is 11.0. The maximum absolute atomic E-state index is 10.9. The Morgan fingerprint density at radius 1 is 1.21 bits per heavy atom. The molecule has 80 valence electrons. The maximum Gasteiger partial charge on any atom is 0.527 e. The molecule has 1 rings (SSSR count). The topological polar surface area (TPSA) is 55.8 Å². The molecule has 0 saturated carbocycles. The molecule has 0 amide bonds. The van der Waals surface area contributed by atoms with Crippen molar-refractivity contribution in [2.24, 2.45) is 0 Å². The number of hydrogen-bond donors (Lipinski definition) is 1. The summed E-state index contributed by atoms with van der Waals surface area (Å²) in [5, 5.41) is 0. The zero-order valence-electron chi connectivity index (χ0n) is 8.51. The summed E-state index contributed by atoms with van der Waals surface area (Å²) in [5.41, 5.74) is 0. The van der Waals surface area contributed by atoms with Crippen LogP contribution in [0.5, 0.6) is 5.75 Å². The third-order valence-corrected chi connectivity index (χ3v) is 2.10. The molecule has 14 heavy (non-hydrogen) atoms. The summed E-state index contributed by atoms with van der Waals surface area (Å²) in [6.07, 6.45) is 0. The van der Waals surface area contributed by atoms with Gasteiger partial charge in [-0.1, -0.05) is 32.0 Å². The van der Waals surface area contributed by atoms with Crippen molar-refractivity contribution >= 4 is 7.82 Å². The lowest BCUT2D eigenvalue weighted by atomic mass is 10.3. The fourth-order valence-corrected chi connectivity index (χ4v) is 1.11. The molecule has 1 N–H and O–H groups in total. The first-order valence-electron chi connectivity index (χ1n) is 4.27. The van der Waals surface area contributed by atoms with Crippen molar-refractivity contribution in [3.8, 4) is 5.75 Å². The second-order valence-electron chi connectivity index (χ2n) is 2.06. The van der Waals surface area contributed by atoms with Crippen LogP contribution in [0.25, 0.3) is 0 Å². The first-order valence-corrected chi connectivity index (χ1v) is 5.77. The van der Waals surface area contributed by atoms with Gasteiger partial charge in [0.2, 0.25) is 0 Å². The fraction of sp³-hybridized carbons (Fsp3) is 0.333. The van der Waals surface area contributed by atoms with Crippen molar-refractivity contribution in [1.29, 1.82) is 0 Å². The number of benzene rings is 1. The second-order valence-corrected chi connectivity index (χ2v) is 3.54. The van der Waals surface area contributed by atoms with E-state index in [0.717, 1.165) is 7.11 Å². The molecule has 4 nitrogen and oxygen atoms in total. The number of hydrogen-bond acceptors (Lipinski definition) is 3. The van der Waals surface area contributed by atoms with Gasteiger partial charge in [0.15, 0.2) is 0 Å². The van der Waals surface area contributed by atoms with Crippen molar-refractivity contribution in [3.05, 3.63) is 30.3 Å². The van der Waals surface area contributed by atoms with E-state index >= 15 is 0 Å². The molecular weight excluding hydrogens is 203 g/mol. The Labute approximate surface area is 84.1 Å². The summed E-state index contributed by atoms with van der Waals surface area (Å²) in [5.74, 6) is 0.310. The highest BCUT2D eigenvalue weighted by Crippen LogP contribution is 2.42. The largest absolute Gasteiger partial charge is 0.527 e. The molecule has 1 aromatic rings. The molecule has 0 aliphatic rings. The number of para-hydroxylation sites is 1. The summed E-state index contributed by atoms with van der Waals surface area (Å²) in [7, 11) is -2.78. The minimum absolute atomic E-state index is 0.310. The van der Waals surface area contributed by atoms with Crippen LogP contribution in [0.15, 0.2) is 30.3 Å². The van der Waals surface area contributed by atoms with E-state index < -0.39 is 7.82 Å². The van der Waals surface area contributed by atoms with E-state index in [1.165, 1.54) is 0 Å². The lowest BCUT2D eigenvalue weighted by molar-refractivity contribution is 0.243. The lowest BCUT2D eigenvalue weighted by Gasteiger charge is -2.09. The summed E-state index contributed by atoms with van der Waals surface area (Å²) in [6, 6.07) is 8.32. The minimum Gasteiger partial charge on any atom is -0.404 e. The van der Waals surface area contributed by atoms with Crippen molar-refractivity contribution in [1.82, 2.24) is 0 Å². The van der Waals surface area contributed by atoms with Gasteiger partial charge >= 0.3 is 7.82 Å². The molecule has 0 aliphatic heterocycles. The van der Waals surface area contributed by atoms with Crippen LogP contribution in [0.1, 0.15) is 13.8 Å². The average molecular weight is 218 g/mol. The van der Waals surface area contributed by atoms with E-state index in [-0.39, 0.29) is 0 Å². The molecule has 0 bridgehead atoms. The molecule has 5 heteroatoms. The minimum atomic E-state index is -3.90. The highest BCUT2D eigenvalue weighted by molar-refractivity contribution is 7.47. The Bertz CT molecular complexity index is 286. The van der Waals surface area contributed by atoms with Gasteiger partial charge in [0.05, 0.1) is 0 Å². The fourth-order valence-electron chi connectivity index (χ4n) is 0.652. The van der Waals surface area contributed by atoms with Crippen LogP contribution in [-0.4, -0.2) is 12.0 Å². The molecule has 0 fully saturated rings. The molecule has 0 saturated heterocycles. The van der Waals surface area contributed by atoms with Gasteiger partial charge in [-0.25, -0.2) is 4.57 Å². The molecule has 0 spiro atoms. The van der Waals surface area contributed by atoms with Crippen molar-refractivity contribution in [2.45, 2.75) is 13.8 Å². The van der Waals surface area contributed by atoms with Gasteiger partial charge in [0.1, 0.15) is 5.75 Å². The van der Waals surface area contributed by atoms with E-state index in [4.69, 9.17) is 4.89 Å². The molecule has 1 unspecified atom stereocenters. The van der Waals surface area contributed by atoms with Crippen LogP contribution in [0.2, 0.25) is 0 Å². The second kappa shape index (κ2) is 6.60. The Balaban J connectivity index is 0.000000791. The van der Waals surface area contributed by atoms with Crippen molar-refractivity contribution < 1.29 is 18.5 Å². The molecule has 0 aromatic heterocycles. The van der Waals surface area contributed by atoms with Crippen molar-refractivity contribution in [2.75, 3.05) is 7.11 Å². The predicted molar refractivity (Wildman–Crippen MR) is 55.3 cm³/mol. The Morgan fingerprint density at radius 2 is 1.71 bits per heavy atom. The first-order chi connectivity index (χ1) is 6.64. The van der Waals surface area contributed by atoms with Crippen molar-refractivity contribution in [3.63, 3.8) is 0 Å². The van der Waals surface area contributed by atoms with Crippen LogP contribution in [0, 0.1) is 0 Å². The lowest BCUT2D eigenvalue weighted by Crippen LogP contribution is -1.92. The molecule has 1 atom stereocenters. The quantitative estimate of drug-likeness (QED) is 0.792. The summed E-state index contributed by atoms with van der Waals surface area (Å²) in [4.78, 5) is 8.89. The molecule has 0 aliphatic carbocycles. The van der Waals surface area contributed by atoms with Gasteiger partial charge in [0, 0.05) is 7.11 Å². The van der Waals surface area contributed by atoms with Gasteiger partial charge in [-0.15, -0.1) is 0 Å². The van der Waals surface area contributed by atoms with E-state index in [1.807, 2.05) is 13.8 Å². The van der Waals surface area contributed by atoms with Gasteiger partial charge in [-0.05, 0) is 12.1 Å². The van der Waals surface area contributed by atoms with E-state index in [0.29, 0.717) is 5.75 Å². The maximum atomic E-state index is 10.9. The van der Waals surface area contributed by atoms with E-state index in [9.17, 15) is 4.57 Å². The van der Waals surface area contributed by atoms with Gasteiger partial charge in [0.25, 0.3) is 0 Å². The highest BCUT2D eigenvalue weighted by atomic mass is 31.2. The van der Waals surface area contributed by atoms with Gasteiger partial charge < -0.3 is 4.52 Å². The third-order valence-electron chi connectivity index (χ3n) is 1.19. The highest BCUT2D eigenvalue weighted by Gasteiger charge is 2.19. The van der Waals surface area contributed by atoms with Crippen LogP contribution in [0.3, 0.4) is 0 Å². The third kappa shape index (κ3) is 5.02.